The Labute approximate surface area is 199 Å². The number of carbonyl (C=O) groups is 3. The highest BCUT2D eigenvalue weighted by atomic mass is 19.3. The zero-order valence-electron chi connectivity index (χ0n) is 19.0. The molecule has 3 amide bonds. The van der Waals surface area contributed by atoms with Gasteiger partial charge >= 0.3 is 5.92 Å². The summed E-state index contributed by atoms with van der Waals surface area (Å²) in [5.41, 5.74) is 4.30. The first-order chi connectivity index (χ1) is 16.5. The first-order valence-electron chi connectivity index (χ1n) is 11.3. The zero-order chi connectivity index (χ0) is 25.5. The maximum atomic E-state index is 15.4. The number of carbonyl (C=O) groups excluding carboxylic acids is 3. The molecule has 2 aliphatic rings. The lowest BCUT2D eigenvalue weighted by Crippen LogP contribution is -2.52. The number of nitrogens with two attached hydrogens (primary N) is 1. The Morgan fingerprint density at radius 2 is 1.66 bits per heavy atom. The fraction of sp³-hybridized carbons (Fsp3) is 0.400. The van der Waals surface area contributed by atoms with Gasteiger partial charge in [-0.05, 0) is 80.5 Å². The minimum Gasteiger partial charge on any atom is -0.370 e. The van der Waals surface area contributed by atoms with Gasteiger partial charge in [-0.1, -0.05) is 0 Å². The number of primary amides is 1. The van der Waals surface area contributed by atoms with Gasteiger partial charge in [-0.3, -0.25) is 14.4 Å². The van der Waals surface area contributed by atoms with Crippen LogP contribution in [0.4, 0.5) is 23.2 Å². The van der Waals surface area contributed by atoms with Crippen molar-refractivity contribution in [2.75, 3.05) is 5.32 Å². The summed E-state index contributed by atoms with van der Waals surface area (Å²) < 4.78 is 58.7. The number of amides is 3. The van der Waals surface area contributed by atoms with Crippen LogP contribution in [0.25, 0.3) is 0 Å². The summed E-state index contributed by atoms with van der Waals surface area (Å²) in [7, 11) is 0. The summed E-state index contributed by atoms with van der Waals surface area (Å²) in [4.78, 5) is 38.0. The molecular weight excluding hydrogens is 466 g/mol. The molecule has 6 nitrogen and oxygen atoms in total. The van der Waals surface area contributed by atoms with Gasteiger partial charge in [0.1, 0.15) is 11.6 Å². The highest BCUT2D eigenvalue weighted by molar-refractivity contribution is 6.04. The summed E-state index contributed by atoms with van der Waals surface area (Å²) in [6.45, 7) is 1.50. The molecule has 186 valence electrons. The maximum absolute atomic E-state index is 15.4. The van der Waals surface area contributed by atoms with Crippen molar-refractivity contribution in [3.63, 3.8) is 0 Å². The fourth-order valence-electron chi connectivity index (χ4n) is 5.18. The molecule has 2 aromatic carbocycles. The number of alkyl halides is 2. The number of benzene rings is 2. The molecule has 2 atom stereocenters. The number of anilines is 1. The van der Waals surface area contributed by atoms with Crippen molar-refractivity contribution in [1.29, 1.82) is 0 Å². The SMILES string of the molecule is Cc1cc(NC(=O)c2ccc(F)c(C(F)(F)C(=O)N3C4CCC3CC(CC(N)=O)C4)c2)ccc1F. The van der Waals surface area contributed by atoms with Crippen LogP contribution in [-0.2, 0) is 15.5 Å². The number of nitrogens with one attached hydrogen (secondary N) is 1. The summed E-state index contributed by atoms with van der Waals surface area (Å²) in [6, 6.07) is 5.28. The molecule has 0 aromatic heterocycles. The predicted octanol–water partition coefficient (Wildman–Crippen LogP) is 4.26. The number of rotatable bonds is 6. The van der Waals surface area contributed by atoms with Gasteiger partial charge in [0.05, 0.1) is 5.56 Å². The number of hydrogen-bond donors (Lipinski definition) is 2. The topological polar surface area (TPSA) is 92.5 Å². The van der Waals surface area contributed by atoms with Crippen LogP contribution >= 0.6 is 0 Å². The van der Waals surface area contributed by atoms with Gasteiger partial charge < -0.3 is 16.0 Å². The average Bonchev–Trinajstić information content (AvgIpc) is 3.05. The van der Waals surface area contributed by atoms with E-state index in [4.69, 9.17) is 5.73 Å². The number of nitrogens with zero attached hydrogens (tertiary/aromatic N) is 1. The zero-order valence-corrected chi connectivity index (χ0v) is 19.0. The average molecular weight is 491 g/mol. The third-order valence-corrected chi connectivity index (χ3v) is 6.81. The monoisotopic (exact) mass is 491 g/mol. The molecule has 4 rings (SSSR count). The van der Waals surface area contributed by atoms with E-state index >= 15 is 8.78 Å². The Hall–Kier alpha value is -3.43. The molecule has 35 heavy (non-hydrogen) atoms. The highest BCUT2D eigenvalue weighted by Crippen LogP contribution is 2.44. The van der Waals surface area contributed by atoms with Crippen LogP contribution in [0, 0.1) is 24.5 Å². The van der Waals surface area contributed by atoms with Crippen molar-refractivity contribution in [2.24, 2.45) is 11.7 Å². The predicted molar refractivity (Wildman–Crippen MR) is 120 cm³/mol. The largest absolute Gasteiger partial charge is 0.370 e. The summed E-state index contributed by atoms with van der Waals surface area (Å²) >= 11 is 0. The molecule has 0 spiro atoms. The second kappa shape index (κ2) is 9.31. The molecule has 0 aliphatic carbocycles. The van der Waals surface area contributed by atoms with E-state index in [-0.39, 0.29) is 29.2 Å². The standard InChI is InChI=1S/C25H25F4N3O3/c1-13-8-16(3-7-20(13)26)31-23(34)15-2-6-21(27)19(12-15)25(28,29)24(35)32-17-4-5-18(32)10-14(9-17)11-22(30)33/h2-3,6-8,12,14,17-18H,4-5,9-11H2,1H3,(H2,30,33)(H,31,34). The van der Waals surface area contributed by atoms with Gasteiger partial charge in [0.2, 0.25) is 5.91 Å². The summed E-state index contributed by atoms with van der Waals surface area (Å²) in [6.07, 6.45) is 1.92. The molecule has 2 heterocycles. The van der Waals surface area contributed by atoms with Gasteiger partial charge in [0.15, 0.2) is 0 Å². The van der Waals surface area contributed by atoms with Crippen LogP contribution in [0.15, 0.2) is 36.4 Å². The van der Waals surface area contributed by atoms with Crippen molar-refractivity contribution in [2.45, 2.75) is 57.0 Å². The lowest BCUT2D eigenvalue weighted by atomic mass is 9.87. The van der Waals surface area contributed by atoms with Gasteiger partial charge in [0.25, 0.3) is 11.8 Å². The Balaban J connectivity index is 1.55. The number of aryl methyl sites for hydroxylation is 1. The van der Waals surface area contributed by atoms with Gasteiger partial charge in [-0.15, -0.1) is 0 Å². The van der Waals surface area contributed by atoms with E-state index in [1.54, 1.807) is 0 Å². The molecule has 2 aromatic rings. The molecule has 2 bridgehead atoms. The van der Waals surface area contributed by atoms with Crippen LogP contribution in [0.2, 0.25) is 0 Å². The molecule has 0 radical (unpaired) electrons. The molecule has 3 N–H and O–H groups in total. The number of hydrogen-bond acceptors (Lipinski definition) is 3. The Kier molecular flexibility index (Phi) is 6.57. The molecule has 10 heteroatoms. The van der Waals surface area contributed by atoms with E-state index in [0.29, 0.717) is 31.7 Å². The molecule has 2 aliphatic heterocycles. The van der Waals surface area contributed by atoms with E-state index in [2.05, 4.69) is 5.32 Å². The first-order valence-corrected chi connectivity index (χ1v) is 11.3. The van der Waals surface area contributed by atoms with E-state index < -0.39 is 52.9 Å². The number of piperidine rings is 1. The van der Waals surface area contributed by atoms with E-state index in [1.165, 1.54) is 19.1 Å². The van der Waals surface area contributed by atoms with Crippen molar-refractivity contribution in [3.8, 4) is 0 Å². The molecule has 2 fully saturated rings. The Bertz CT molecular complexity index is 1170. The van der Waals surface area contributed by atoms with Crippen LogP contribution in [-0.4, -0.2) is 34.7 Å². The van der Waals surface area contributed by atoms with Crippen molar-refractivity contribution in [1.82, 2.24) is 4.90 Å². The van der Waals surface area contributed by atoms with Crippen LogP contribution < -0.4 is 11.1 Å². The molecule has 2 unspecified atom stereocenters. The maximum Gasteiger partial charge on any atom is 0.352 e. The quantitative estimate of drug-likeness (QED) is 0.592. The molecule has 2 saturated heterocycles. The Morgan fingerprint density at radius 1 is 1.03 bits per heavy atom. The lowest BCUT2D eigenvalue weighted by Gasteiger charge is -2.40. The van der Waals surface area contributed by atoms with Crippen molar-refractivity contribution < 1.29 is 31.9 Å². The van der Waals surface area contributed by atoms with Crippen LogP contribution in [0.5, 0.6) is 0 Å². The van der Waals surface area contributed by atoms with Crippen LogP contribution in [0.3, 0.4) is 0 Å². The van der Waals surface area contributed by atoms with E-state index in [0.717, 1.165) is 23.1 Å². The van der Waals surface area contributed by atoms with Gasteiger partial charge in [-0.25, -0.2) is 8.78 Å². The van der Waals surface area contributed by atoms with Crippen molar-refractivity contribution >= 4 is 23.4 Å². The normalized spacial score (nSPS) is 21.6. The Morgan fingerprint density at radius 3 is 2.26 bits per heavy atom. The van der Waals surface area contributed by atoms with E-state index in [9.17, 15) is 23.2 Å². The van der Waals surface area contributed by atoms with Gasteiger partial charge in [-0.2, -0.15) is 8.78 Å². The first kappa shape index (κ1) is 24.7. The minimum absolute atomic E-state index is 0.0819. The number of fused-ring (bicyclic) bond motifs is 2. The second-order valence-corrected chi connectivity index (χ2v) is 9.29. The van der Waals surface area contributed by atoms with Crippen LogP contribution in [0.1, 0.15) is 53.6 Å². The highest BCUT2D eigenvalue weighted by Gasteiger charge is 2.53. The number of halogens is 4. The second-order valence-electron chi connectivity index (χ2n) is 9.29. The summed E-state index contributed by atoms with van der Waals surface area (Å²) in [5.74, 6) is -8.88. The third-order valence-electron chi connectivity index (χ3n) is 6.81. The fourth-order valence-corrected chi connectivity index (χ4v) is 5.18. The lowest BCUT2D eigenvalue weighted by molar-refractivity contribution is -0.165. The molecule has 0 saturated carbocycles. The summed E-state index contributed by atoms with van der Waals surface area (Å²) in [5, 5.41) is 2.46. The minimum atomic E-state index is -4.20. The smallest absolute Gasteiger partial charge is 0.352 e. The third kappa shape index (κ3) is 4.87. The van der Waals surface area contributed by atoms with E-state index in [1.807, 2.05) is 0 Å². The van der Waals surface area contributed by atoms with Gasteiger partial charge in [0, 0.05) is 29.8 Å². The molecular formula is C25H25F4N3O3. The van der Waals surface area contributed by atoms with Crippen molar-refractivity contribution in [3.05, 3.63) is 64.7 Å².